The molecule has 0 aromatic heterocycles. The van der Waals surface area contributed by atoms with E-state index >= 15 is 0 Å². The third-order valence-corrected chi connectivity index (χ3v) is 3.74. The van der Waals surface area contributed by atoms with Gasteiger partial charge < -0.3 is 15.4 Å². The van der Waals surface area contributed by atoms with E-state index < -0.39 is 0 Å². The van der Waals surface area contributed by atoms with Gasteiger partial charge in [0.2, 0.25) is 0 Å². The average molecular weight is 455 g/mol. The normalized spacial score (nSPS) is 10.9. The van der Waals surface area contributed by atoms with Crippen molar-refractivity contribution in [2.45, 2.75) is 26.3 Å². The number of unbranched alkanes of at least 4 members (excludes halogenated alkanes) is 1. The fraction of sp³-hybridized carbons (Fsp3) is 0.562. The van der Waals surface area contributed by atoms with Crippen LogP contribution < -0.4 is 15.4 Å². The molecular weight excluding hydrogens is 428 g/mol. The molecular formula is C16H27FIN3OS. The lowest BCUT2D eigenvalue weighted by molar-refractivity contribution is 0.321. The molecule has 1 rings (SSSR count). The zero-order valence-electron chi connectivity index (χ0n) is 14.0. The maximum atomic E-state index is 13.8. The van der Waals surface area contributed by atoms with Gasteiger partial charge in [0.15, 0.2) is 17.5 Å². The third-order valence-electron chi connectivity index (χ3n) is 3.05. The highest BCUT2D eigenvalue weighted by molar-refractivity contribution is 14.0. The molecule has 0 fully saturated rings. The molecule has 1 aromatic carbocycles. The van der Waals surface area contributed by atoms with Crippen LogP contribution in [-0.4, -0.2) is 38.2 Å². The molecule has 132 valence electrons. The van der Waals surface area contributed by atoms with Gasteiger partial charge in [-0.15, -0.1) is 24.0 Å². The number of halogens is 2. The maximum absolute atomic E-state index is 13.8. The molecule has 23 heavy (non-hydrogen) atoms. The van der Waals surface area contributed by atoms with E-state index in [-0.39, 0.29) is 29.8 Å². The van der Waals surface area contributed by atoms with Crippen LogP contribution in [0.25, 0.3) is 0 Å². The standard InChI is InChI=1S/C16H26FN3OS.HI/c1-4-21-15-8-7-13(11-14(15)17)12-20-16(18-2)19-9-5-6-10-22-3;/h7-8,11H,4-6,9-10,12H2,1-3H3,(H2,18,19,20);1H. The van der Waals surface area contributed by atoms with Gasteiger partial charge in [-0.2, -0.15) is 11.8 Å². The first-order valence-electron chi connectivity index (χ1n) is 7.56. The van der Waals surface area contributed by atoms with Gasteiger partial charge in [0, 0.05) is 20.1 Å². The highest BCUT2D eigenvalue weighted by Crippen LogP contribution is 2.18. The predicted molar refractivity (Wildman–Crippen MR) is 109 cm³/mol. The van der Waals surface area contributed by atoms with Gasteiger partial charge in [-0.3, -0.25) is 4.99 Å². The number of hydrogen-bond acceptors (Lipinski definition) is 3. The van der Waals surface area contributed by atoms with Crippen LogP contribution in [0.2, 0.25) is 0 Å². The lowest BCUT2D eigenvalue weighted by Gasteiger charge is -2.12. The molecule has 0 bridgehead atoms. The van der Waals surface area contributed by atoms with Crippen molar-refractivity contribution in [1.29, 1.82) is 0 Å². The molecule has 0 radical (unpaired) electrons. The van der Waals surface area contributed by atoms with Crippen molar-refractivity contribution < 1.29 is 9.13 Å². The van der Waals surface area contributed by atoms with E-state index in [9.17, 15) is 4.39 Å². The smallest absolute Gasteiger partial charge is 0.191 e. The monoisotopic (exact) mass is 455 g/mol. The van der Waals surface area contributed by atoms with E-state index in [1.165, 1.54) is 18.2 Å². The number of thioether (sulfide) groups is 1. The summed E-state index contributed by atoms with van der Waals surface area (Å²) >= 11 is 1.86. The first kappa shape index (κ1) is 22.3. The molecule has 0 heterocycles. The Morgan fingerprint density at radius 2 is 2.09 bits per heavy atom. The first-order valence-corrected chi connectivity index (χ1v) is 8.95. The van der Waals surface area contributed by atoms with Crippen molar-refractivity contribution in [3.05, 3.63) is 29.6 Å². The number of aliphatic imine (C=N–C) groups is 1. The highest BCUT2D eigenvalue weighted by Gasteiger charge is 2.05. The quantitative estimate of drug-likeness (QED) is 0.258. The Morgan fingerprint density at radius 1 is 1.30 bits per heavy atom. The summed E-state index contributed by atoms with van der Waals surface area (Å²) in [6.07, 6.45) is 4.42. The zero-order valence-corrected chi connectivity index (χ0v) is 17.2. The van der Waals surface area contributed by atoms with Crippen LogP contribution in [0.15, 0.2) is 23.2 Å². The molecule has 2 N–H and O–H groups in total. The van der Waals surface area contributed by atoms with E-state index in [0.29, 0.717) is 18.9 Å². The van der Waals surface area contributed by atoms with Gasteiger partial charge >= 0.3 is 0 Å². The molecule has 0 aliphatic rings. The van der Waals surface area contributed by atoms with Gasteiger partial charge in [-0.1, -0.05) is 6.07 Å². The van der Waals surface area contributed by atoms with E-state index in [2.05, 4.69) is 21.9 Å². The number of rotatable bonds is 9. The SMILES string of the molecule is CCOc1ccc(CNC(=NC)NCCCCSC)cc1F.I. The fourth-order valence-corrected chi connectivity index (χ4v) is 2.40. The molecule has 4 nitrogen and oxygen atoms in total. The minimum absolute atomic E-state index is 0. The second-order valence-corrected chi connectivity index (χ2v) is 5.74. The molecule has 0 amide bonds. The molecule has 0 aliphatic heterocycles. The summed E-state index contributed by atoms with van der Waals surface area (Å²) < 4.78 is 19.0. The summed E-state index contributed by atoms with van der Waals surface area (Å²) in [5.41, 5.74) is 0.853. The Morgan fingerprint density at radius 3 is 2.70 bits per heavy atom. The van der Waals surface area contributed by atoms with Crippen molar-refractivity contribution in [2.24, 2.45) is 4.99 Å². The van der Waals surface area contributed by atoms with Crippen LogP contribution in [0.5, 0.6) is 5.75 Å². The van der Waals surface area contributed by atoms with Crippen molar-refractivity contribution in [3.63, 3.8) is 0 Å². The van der Waals surface area contributed by atoms with Crippen molar-refractivity contribution in [1.82, 2.24) is 10.6 Å². The molecule has 0 unspecified atom stereocenters. The molecule has 0 atom stereocenters. The number of nitrogens with one attached hydrogen (secondary N) is 2. The van der Waals surface area contributed by atoms with Crippen LogP contribution >= 0.6 is 35.7 Å². The van der Waals surface area contributed by atoms with Crippen molar-refractivity contribution >= 4 is 41.7 Å². The second-order valence-electron chi connectivity index (χ2n) is 4.75. The van der Waals surface area contributed by atoms with Gasteiger partial charge in [-0.25, -0.2) is 4.39 Å². The molecule has 0 saturated heterocycles. The molecule has 1 aromatic rings. The van der Waals surface area contributed by atoms with Gasteiger partial charge in [0.25, 0.3) is 0 Å². The summed E-state index contributed by atoms with van der Waals surface area (Å²) in [4.78, 5) is 4.16. The number of benzene rings is 1. The average Bonchev–Trinajstić information content (AvgIpc) is 2.52. The third kappa shape index (κ3) is 9.24. The summed E-state index contributed by atoms with van der Waals surface area (Å²) in [5, 5.41) is 6.44. The van der Waals surface area contributed by atoms with Gasteiger partial charge in [-0.05, 0) is 49.5 Å². The molecule has 0 spiro atoms. The Bertz CT molecular complexity index is 475. The Hall–Kier alpha value is -0.700. The van der Waals surface area contributed by atoms with Crippen LogP contribution in [0.4, 0.5) is 4.39 Å². The lowest BCUT2D eigenvalue weighted by Crippen LogP contribution is -2.37. The molecule has 0 saturated carbocycles. The number of nitrogens with zero attached hydrogens (tertiary/aromatic N) is 1. The van der Waals surface area contributed by atoms with Crippen LogP contribution in [-0.2, 0) is 6.54 Å². The molecule has 0 aliphatic carbocycles. The van der Waals surface area contributed by atoms with Crippen molar-refractivity contribution in [3.8, 4) is 5.75 Å². The maximum Gasteiger partial charge on any atom is 0.191 e. The van der Waals surface area contributed by atoms with Gasteiger partial charge in [0.1, 0.15) is 0 Å². The summed E-state index contributed by atoms with van der Waals surface area (Å²) in [5.74, 6) is 1.88. The second kappa shape index (κ2) is 13.7. The Kier molecular flexibility index (Phi) is 13.3. The largest absolute Gasteiger partial charge is 0.491 e. The fourth-order valence-electron chi connectivity index (χ4n) is 1.91. The Labute approximate surface area is 160 Å². The lowest BCUT2D eigenvalue weighted by atomic mass is 10.2. The number of hydrogen-bond donors (Lipinski definition) is 2. The zero-order chi connectivity index (χ0) is 16.2. The molecule has 7 heteroatoms. The van der Waals surface area contributed by atoms with Crippen LogP contribution in [0.1, 0.15) is 25.3 Å². The number of ether oxygens (including phenoxy) is 1. The van der Waals surface area contributed by atoms with Crippen LogP contribution in [0.3, 0.4) is 0 Å². The van der Waals surface area contributed by atoms with E-state index in [1.807, 2.05) is 24.8 Å². The van der Waals surface area contributed by atoms with Gasteiger partial charge in [0.05, 0.1) is 6.61 Å². The minimum Gasteiger partial charge on any atom is -0.491 e. The first-order chi connectivity index (χ1) is 10.7. The van der Waals surface area contributed by atoms with E-state index in [1.54, 1.807) is 13.1 Å². The summed E-state index contributed by atoms with van der Waals surface area (Å²) in [6, 6.07) is 5.00. The predicted octanol–water partition coefficient (Wildman–Crippen LogP) is 3.65. The summed E-state index contributed by atoms with van der Waals surface area (Å²) in [7, 11) is 1.73. The van der Waals surface area contributed by atoms with Crippen molar-refractivity contribution in [2.75, 3.05) is 32.2 Å². The van der Waals surface area contributed by atoms with E-state index in [4.69, 9.17) is 4.74 Å². The van der Waals surface area contributed by atoms with E-state index in [0.717, 1.165) is 24.5 Å². The Balaban J connectivity index is 0.00000484. The highest BCUT2D eigenvalue weighted by atomic mass is 127. The minimum atomic E-state index is -0.332. The summed E-state index contributed by atoms with van der Waals surface area (Å²) in [6.45, 7) is 3.71. The number of guanidine groups is 1. The van der Waals surface area contributed by atoms with Crippen LogP contribution in [0, 0.1) is 5.82 Å². The topological polar surface area (TPSA) is 45.6 Å².